The Morgan fingerprint density at radius 3 is 2.32 bits per heavy atom. The zero-order valence-electron chi connectivity index (χ0n) is 23.7. The molecule has 244 valence electrons. The fraction of sp³-hybridized carbons (Fsp3) is 0.560. The Morgan fingerprint density at radius 1 is 1.05 bits per heavy atom. The first-order valence-corrected chi connectivity index (χ1v) is 16.9. The Bertz CT molecular complexity index is 1530. The third-order valence-electron chi connectivity index (χ3n) is 7.23. The molecule has 7 N–H and O–H groups in total. The summed E-state index contributed by atoms with van der Waals surface area (Å²) in [5.41, 5.74) is -2.13. The number of fused-ring (bicyclic) bond motifs is 1. The van der Waals surface area contributed by atoms with Crippen LogP contribution < -0.4 is 21.9 Å². The number of ether oxygens (including phenoxy) is 4. The molecule has 2 unspecified atom stereocenters. The van der Waals surface area contributed by atoms with E-state index in [1.807, 2.05) is 0 Å². The van der Waals surface area contributed by atoms with Crippen LogP contribution >= 0.6 is 15.2 Å². The van der Waals surface area contributed by atoms with E-state index in [1.54, 1.807) is 13.8 Å². The summed E-state index contributed by atoms with van der Waals surface area (Å²) < 4.78 is 47.4. The van der Waals surface area contributed by atoms with Crippen LogP contribution in [0.2, 0.25) is 0 Å². The summed E-state index contributed by atoms with van der Waals surface area (Å²) in [4.78, 5) is 76.2. The molecule has 1 aromatic carbocycles. The first-order valence-electron chi connectivity index (χ1n) is 13.6. The van der Waals surface area contributed by atoms with Crippen molar-refractivity contribution in [2.45, 2.75) is 81.8 Å². The minimum Gasteiger partial charge on any atom is -0.445 e. The summed E-state index contributed by atoms with van der Waals surface area (Å²) in [5.74, 6) is -1.08. The first-order chi connectivity index (χ1) is 20.4. The summed E-state index contributed by atoms with van der Waals surface area (Å²) in [7, 11) is -9.07. The molecule has 2 saturated heterocycles. The molecule has 2 aliphatic heterocycles. The second kappa shape index (κ2) is 13.3. The van der Waals surface area contributed by atoms with Crippen LogP contribution in [-0.2, 0) is 34.7 Å². The molecule has 0 bridgehead atoms. The number of nitrogens with zero attached hydrogens (tertiary/aromatic N) is 1. The van der Waals surface area contributed by atoms with Crippen LogP contribution in [-0.4, -0.2) is 82.7 Å². The Hall–Kier alpha value is -2.69. The number of H-pyrrole nitrogens is 1. The number of benzene rings is 1. The van der Waals surface area contributed by atoms with Crippen molar-refractivity contribution in [3.05, 3.63) is 62.9 Å². The number of amides is 1. The van der Waals surface area contributed by atoms with E-state index in [1.165, 1.54) is 30.5 Å². The van der Waals surface area contributed by atoms with Gasteiger partial charge in [0.2, 0.25) is 0 Å². The molecular formula is C25H35N3O14P2. The molecule has 1 aromatic heterocycles. The molecule has 44 heavy (non-hydrogen) atoms. The second-order valence-corrected chi connectivity index (χ2v) is 14.5. The molecule has 2 aliphatic rings. The van der Waals surface area contributed by atoms with E-state index in [0.29, 0.717) is 5.56 Å². The number of hydrogen-bond donors (Lipinski definition) is 7. The van der Waals surface area contributed by atoms with Crippen molar-refractivity contribution in [2.24, 2.45) is 0 Å². The Kier molecular flexibility index (Phi) is 10.4. The van der Waals surface area contributed by atoms with Gasteiger partial charge in [-0.15, -0.1) is 0 Å². The molecule has 0 aliphatic carbocycles. The van der Waals surface area contributed by atoms with Crippen LogP contribution in [0.15, 0.2) is 46.1 Å². The van der Waals surface area contributed by atoms with Gasteiger partial charge in [0.1, 0.15) is 24.9 Å². The Morgan fingerprint density at radius 2 is 1.70 bits per heavy atom. The molecule has 0 radical (unpaired) electrons. The highest BCUT2D eigenvalue weighted by molar-refractivity contribution is 7.60. The van der Waals surface area contributed by atoms with Gasteiger partial charge in [-0.05, 0) is 50.8 Å². The maximum absolute atomic E-state index is 12.4. The lowest BCUT2D eigenvalue weighted by atomic mass is 10.0. The molecule has 0 spiro atoms. The van der Waals surface area contributed by atoms with Crippen molar-refractivity contribution >= 4 is 26.6 Å². The zero-order chi connectivity index (χ0) is 32.4. The van der Waals surface area contributed by atoms with Crippen LogP contribution in [0.3, 0.4) is 0 Å². The number of carbonyl (C=O) groups excluding carboxylic acids is 1. The standard InChI is InChI=1S/C25H35N3O14P2/c1-25(2)41-20-19(40-22(21(20)42-25)28-12-10-18(30)27-23(28)31)17(29)8-7-16(44(36,37)38)9-11-26-24(32)39-13-14-3-5-15(6-4-14)43(33,34)35/h3-6,10,12,16-17,19-22,29H,7-9,11,13H2,1-2H3,(H,26,32)(H,27,30,31)(H2,33,34,35)(H2,36,37,38)/t16?,17?,19-,20-,21-,22-/m1/s1. The van der Waals surface area contributed by atoms with Crippen molar-refractivity contribution in [1.29, 1.82) is 0 Å². The van der Waals surface area contributed by atoms with Crippen LogP contribution in [0.25, 0.3) is 0 Å². The summed E-state index contributed by atoms with van der Waals surface area (Å²) in [6, 6.07) is 6.33. The SMILES string of the molecule is CC1(C)O[C@@H]2[C@H](O1)[C@@H](C(O)CCC(CCNC(=O)OCc1ccc(P(=O)(O)O)cc1)P(=O)(O)O)O[C@H]2n1ccc(=O)[nH]c1=O. The predicted molar refractivity (Wildman–Crippen MR) is 151 cm³/mol. The summed E-state index contributed by atoms with van der Waals surface area (Å²) in [6.45, 7) is 2.92. The topological polar surface area (TPSA) is 256 Å². The second-order valence-electron chi connectivity index (χ2n) is 11.0. The van der Waals surface area contributed by atoms with Gasteiger partial charge in [0, 0.05) is 18.8 Å². The molecule has 2 fully saturated rings. The van der Waals surface area contributed by atoms with Crippen molar-refractivity contribution in [2.75, 3.05) is 6.54 Å². The van der Waals surface area contributed by atoms with Crippen molar-refractivity contribution in [1.82, 2.24) is 14.9 Å². The third kappa shape index (κ3) is 8.52. The quantitative estimate of drug-likeness (QED) is 0.145. The van der Waals surface area contributed by atoms with Gasteiger partial charge in [-0.3, -0.25) is 23.5 Å². The van der Waals surface area contributed by atoms with Gasteiger partial charge >= 0.3 is 27.0 Å². The molecule has 1 amide bonds. The fourth-order valence-electron chi connectivity index (χ4n) is 5.10. The van der Waals surface area contributed by atoms with E-state index in [-0.39, 0.29) is 37.7 Å². The van der Waals surface area contributed by atoms with Crippen molar-refractivity contribution in [3.63, 3.8) is 0 Å². The van der Waals surface area contributed by atoms with Gasteiger partial charge in [-0.25, -0.2) is 9.59 Å². The number of aliphatic hydroxyl groups is 1. The highest BCUT2D eigenvalue weighted by Gasteiger charge is 2.57. The average molecular weight is 664 g/mol. The molecule has 3 heterocycles. The molecular weight excluding hydrogens is 628 g/mol. The molecule has 2 aromatic rings. The van der Waals surface area contributed by atoms with E-state index < -0.39 is 74.6 Å². The number of aliphatic hydroxyl groups excluding tert-OH is 1. The largest absolute Gasteiger partial charge is 0.445 e. The van der Waals surface area contributed by atoms with E-state index in [9.17, 15) is 38.4 Å². The molecule has 4 rings (SSSR count). The van der Waals surface area contributed by atoms with Crippen LogP contribution in [0.1, 0.15) is 44.9 Å². The summed E-state index contributed by atoms with van der Waals surface area (Å²) in [6.07, 6.45) is -5.11. The lowest BCUT2D eigenvalue weighted by molar-refractivity contribution is -0.208. The highest BCUT2D eigenvalue weighted by Crippen LogP contribution is 2.47. The molecule has 6 atom stereocenters. The first kappa shape index (κ1) is 34.2. The van der Waals surface area contributed by atoms with E-state index in [4.69, 9.17) is 28.7 Å². The minimum atomic E-state index is -4.66. The lowest BCUT2D eigenvalue weighted by Gasteiger charge is -2.27. The normalized spacial score (nSPS) is 24.4. The van der Waals surface area contributed by atoms with E-state index in [2.05, 4.69) is 10.3 Å². The van der Waals surface area contributed by atoms with Gasteiger partial charge in [0.25, 0.3) is 5.56 Å². The third-order valence-corrected chi connectivity index (χ3v) is 9.67. The van der Waals surface area contributed by atoms with Crippen molar-refractivity contribution in [3.8, 4) is 0 Å². The monoisotopic (exact) mass is 663 g/mol. The van der Waals surface area contributed by atoms with Gasteiger partial charge < -0.3 is 48.9 Å². The number of alkyl carbamates (subject to hydrolysis) is 1. The number of aromatic amines is 1. The number of hydrogen-bond acceptors (Lipinski definition) is 10. The van der Waals surface area contributed by atoms with Gasteiger partial charge in [-0.2, -0.15) is 0 Å². The average Bonchev–Trinajstić information content (AvgIpc) is 3.41. The van der Waals surface area contributed by atoms with Crippen LogP contribution in [0.5, 0.6) is 0 Å². The molecule has 19 heteroatoms. The van der Waals surface area contributed by atoms with Gasteiger partial charge in [-0.1, -0.05) is 12.1 Å². The maximum atomic E-state index is 12.4. The number of aromatic nitrogens is 2. The van der Waals surface area contributed by atoms with E-state index in [0.717, 1.165) is 10.6 Å². The highest BCUT2D eigenvalue weighted by atomic mass is 31.2. The fourth-order valence-corrected chi connectivity index (χ4v) is 6.59. The van der Waals surface area contributed by atoms with Crippen LogP contribution in [0.4, 0.5) is 4.79 Å². The number of rotatable bonds is 12. The minimum absolute atomic E-state index is 0.129. The Labute approximate surface area is 250 Å². The summed E-state index contributed by atoms with van der Waals surface area (Å²) in [5, 5.41) is 13.2. The maximum Gasteiger partial charge on any atom is 0.407 e. The lowest BCUT2D eigenvalue weighted by Crippen LogP contribution is -2.39. The van der Waals surface area contributed by atoms with Gasteiger partial charge in [0.15, 0.2) is 12.0 Å². The number of carbonyl (C=O) groups is 1. The number of nitrogens with one attached hydrogen (secondary N) is 2. The Balaban J connectivity index is 1.31. The smallest absolute Gasteiger partial charge is 0.407 e. The zero-order valence-corrected chi connectivity index (χ0v) is 25.5. The van der Waals surface area contributed by atoms with Crippen molar-refractivity contribution < 1.29 is 57.6 Å². The van der Waals surface area contributed by atoms with Crippen LogP contribution in [0, 0.1) is 0 Å². The summed E-state index contributed by atoms with van der Waals surface area (Å²) >= 11 is 0. The van der Waals surface area contributed by atoms with Gasteiger partial charge in [0.05, 0.1) is 17.1 Å². The predicted octanol–water partition coefficient (Wildman–Crippen LogP) is -0.239. The molecule has 0 saturated carbocycles. The van der Waals surface area contributed by atoms with E-state index >= 15 is 0 Å². The molecule has 17 nitrogen and oxygen atoms in total.